The van der Waals surface area contributed by atoms with Crippen molar-refractivity contribution in [3.63, 3.8) is 0 Å². The number of rotatable bonds is 8. The lowest BCUT2D eigenvalue weighted by molar-refractivity contribution is 0.0289. The van der Waals surface area contributed by atoms with Gasteiger partial charge in [-0.3, -0.25) is 4.79 Å². The first-order chi connectivity index (χ1) is 10.3. The predicted molar refractivity (Wildman–Crippen MR) is 82.7 cm³/mol. The van der Waals surface area contributed by atoms with Gasteiger partial charge in [-0.15, -0.1) is 0 Å². The number of hydrogen-bond acceptors (Lipinski definition) is 3. The Balaban J connectivity index is 1.79. The van der Waals surface area contributed by atoms with Crippen molar-refractivity contribution >= 4 is 5.78 Å². The van der Waals surface area contributed by atoms with E-state index in [1.165, 1.54) is 0 Å². The van der Waals surface area contributed by atoms with E-state index in [0.29, 0.717) is 25.2 Å². The predicted octanol–water partition coefficient (Wildman–Crippen LogP) is 3.74. The molecule has 0 saturated heterocycles. The van der Waals surface area contributed by atoms with Crippen LogP contribution in [0.3, 0.4) is 0 Å². The first-order valence-electron chi connectivity index (χ1n) is 7.20. The zero-order valence-electron chi connectivity index (χ0n) is 12.2. The van der Waals surface area contributed by atoms with Gasteiger partial charge in [0.25, 0.3) is 0 Å². The zero-order valence-corrected chi connectivity index (χ0v) is 12.2. The molecule has 0 fully saturated rings. The molecule has 2 aromatic rings. The average molecular weight is 284 g/mol. The van der Waals surface area contributed by atoms with E-state index in [0.717, 1.165) is 5.75 Å². The number of Topliss-reactive ketones (excluding diaryl/α,β-unsaturated/α-hetero) is 1. The fourth-order valence-electron chi connectivity index (χ4n) is 2.03. The molecule has 0 bridgehead atoms. The van der Waals surface area contributed by atoms with E-state index in [1.807, 2.05) is 67.6 Å². The molecule has 1 unspecified atom stereocenters. The third-order valence-electron chi connectivity index (χ3n) is 3.14. The van der Waals surface area contributed by atoms with Crippen LogP contribution in [-0.4, -0.2) is 25.1 Å². The average Bonchev–Trinajstić information content (AvgIpc) is 2.56. The summed E-state index contributed by atoms with van der Waals surface area (Å²) in [7, 11) is 0. The minimum Gasteiger partial charge on any atom is -0.491 e. The first-order valence-corrected chi connectivity index (χ1v) is 7.20. The summed E-state index contributed by atoms with van der Waals surface area (Å²) >= 11 is 0. The number of para-hydroxylation sites is 1. The summed E-state index contributed by atoms with van der Waals surface area (Å²) in [5, 5.41) is 0. The quantitative estimate of drug-likeness (QED) is 0.547. The van der Waals surface area contributed by atoms with E-state index < -0.39 is 6.10 Å². The highest BCUT2D eigenvalue weighted by molar-refractivity contribution is 5.99. The SMILES string of the molecule is CCC(OCCOc1ccccc1)C(=O)c1ccccc1. The van der Waals surface area contributed by atoms with Crippen LogP contribution in [0.25, 0.3) is 0 Å². The van der Waals surface area contributed by atoms with Crippen LogP contribution in [0.15, 0.2) is 60.7 Å². The lowest BCUT2D eigenvalue weighted by Gasteiger charge is -2.15. The second kappa shape index (κ2) is 8.22. The molecule has 3 nitrogen and oxygen atoms in total. The van der Waals surface area contributed by atoms with E-state index >= 15 is 0 Å². The molecule has 3 heteroatoms. The number of carbonyl (C=O) groups excluding carboxylic acids is 1. The Labute approximate surface area is 125 Å². The van der Waals surface area contributed by atoms with Crippen molar-refractivity contribution < 1.29 is 14.3 Å². The summed E-state index contributed by atoms with van der Waals surface area (Å²) in [5.74, 6) is 0.835. The molecule has 21 heavy (non-hydrogen) atoms. The van der Waals surface area contributed by atoms with Crippen LogP contribution < -0.4 is 4.74 Å². The molecule has 110 valence electrons. The molecule has 0 aliphatic heterocycles. The molecule has 0 spiro atoms. The van der Waals surface area contributed by atoms with Gasteiger partial charge in [-0.25, -0.2) is 0 Å². The molecule has 0 amide bonds. The molecule has 0 N–H and O–H groups in total. The summed E-state index contributed by atoms with van der Waals surface area (Å²) in [6.07, 6.45) is 0.241. The Hall–Kier alpha value is -2.13. The normalized spacial score (nSPS) is 11.9. The van der Waals surface area contributed by atoms with E-state index in [4.69, 9.17) is 9.47 Å². The molecule has 0 aliphatic rings. The van der Waals surface area contributed by atoms with Crippen molar-refractivity contribution in [1.29, 1.82) is 0 Å². The fourth-order valence-corrected chi connectivity index (χ4v) is 2.03. The molecule has 0 saturated carbocycles. The first kappa shape index (κ1) is 15.3. The number of carbonyl (C=O) groups is 1. The monoisotopic (exact) mass is 284 g/mol. The summed E-state index contributed by atoms with van der Waals surface area (Å²) < 4.78 is 11.2. The largest absolute Gasteiger partial charge is 0.491 e. The van der Waals surface area contributed by atoms with Crippen LogP contribution >= 0.6 is 0 Å². The van der Waals surface area contributed by atoms with E-state index in [-0.39, 0.29) is 5.78 Å². The highest BCUT2D eigenvalue weighted by Gasteiger charge is 2.18. The standard InChI is InChI=1S/C18H20O3/c1-2-17(18(19)15-9-5-3-6-10-15)21-14-13-20-16-11-7-4-8-12-16/h3-12,17H,2,13-14H2,1H3. The highest BCUT2D eigenvalue weighted by atomic mass is 16.5. The Bertz CT molecular complexity index is 537. The van der Waals surface area contributed by atoms with Gasteiger partial charge in [-0.1, -0.05) is 55.5 Å². The fraction of sp³-hybridized carbons (Fsp3) is 0.278. The molecule has 0 radical (unpaired) electrons. The summed E-state index contributed by atoms with van der Waals surface area (Å²) in [4.78, 5) is 12.3. The van der Waals surface area contributed by atoms with Crippen molar-refractivity contribution in [2.75, 3.05) is 13.2 Å². The maximum Gasteiger partial charge on any atom is 0.191 e. The summed E-state index contributed by atoms with van der Waals surface area (Å²) in [6, 6.07) is 18.8. The zero-order chi connectivity index (χ0) is 14.9. The van der Waals surface area contributed by atoms with Crippen molar-refractivity contribution in [1.82, 2.24) is 0 Å². The Kier molecular flexibility index (Phi) is 5.98. The molecule has 1 atom stereocenters. The van der Waals surface area contributed by atoms with Crippen molar-refractivity contribution in [2.45, 2.75) is 19.4 Å². The molecular formula is C18H20O3. The van der Waals surface area contributed by atoms with Crippen molar-refractivity contribution in [2.24, 2.45) is 0 Å². The van der Waals surface area contributed by atoms with Crippen LogP contribution in [0.2, 0.25) is 0 Å². The highest BCUT2D eigenvalue weighted by Crippen LogP contribution is 2.11. The molecule has 0 aliphatic carbocycles. The Morgan fingerprint density at radius 2 is 1.57 bits per heavy atom. The van der Waals surface area contributed by atoms with Crippen molar-refractivity contribution in [3.05, 3.63) is 66.2 Å². The van der Waals surface area contributed by atoms with Crippen LogP contribution in [0.1, 0.15) is 23.7 Å². The van der Waals surface area contributed by atoms with Gasteiger partial charge in [-0.2, -0.15) is 0 Å². The summed E-state index contributed by atoms with van der Waals surface area (Å²) in [6.45, 7) is 2.78. The number of ketones is 1. The minimum absolute atomic E-state index is 0.0258. The summed E-state index contributed by atoms with van der Waals surface area (Å²) in [5.41, 5.74) is 0.688. The maximum atomic E-state index is 12.3. The van der Waals surface area contributed by atoms with Crippen LogP contribution in [0, 0.1) is 0 Å². The second-order valence-electron chi connectivity index (χ2n) is 4.66. The van der Waals surface area contributed by atoms with E-state index in [2.05, 4.69) is 0 Å². The van der Waals surface area contributed by atoms with E-state index in [9.17, 15) is 4.79 Å². The third-order valence-corrected chi connectivity index (χ3v) is 3.14. The Morgan fingerprint density at radius 3 is 2.19 bits per heavy atom. The lowest BCUT2D eigenvalue weighted by Crippen LogP contribution is -2.25. The van der Waals surface area contributed by atoms with Gasteiger partial charge < -0.3 is 9.47 Å². The molecule has 2 aromatic carbocycles. The van der Waals surface area contributed by atoms with Crippen LogP contribution in [0.4, 0.5) is 0 Å². The smallest absolute Gasteiger partial charge is 0.191 e. The maximum absolute atomic E-state index is 12.3. The van der Waals surface area contributed by atoms with Gasteiger partial charge >= 0.3 is 0 Å². The molecule has 0 heterocycles. The third kappa shape index (κ3) is 4.72. The van der Waals surface area contributed by atoms with Gasteiger partial charge in [0, 0.05) is 5.56 Å². The Morgan fingerprint density at radius 1 is 0.952 bits per heavy atom. The molecular weight excluding hydrogens is 264 g/mol. The van der Waals surface area contributed by atoms with E-state index in [1.54, 1.807) is 0 Å². The van der Waals surface area contributed by atoms with Gasteiger partial charge in [0.1, 0.15) is 18.5 Å². The number of hydrogen-bond donors (Lipinski definition) is 0. The topological polar surface area (TPSA) is 35.5 Å². The molecule has 0 aromatic heterocycles. The van der Waals surface area contributed by atoms with Crippen molar-refractivity contribution in [3.8, 4) is 5.75 Å². The van der Waals surface area contributed by atoms with Crippen LogP contribution in [0.5, 0.6) is 5.75 Å². The number of ether oxygens (including phenoxy) is 2. The van der Waals surface area contributed by atoms with Gasteiger partial charge in [-0.05, 0) is 18.6 Å². The van der Waals surface area contributed by atoms with Gasteiger partial charge in [0.2, 0.25) is 0 Å². The molecule has 2 rings (SSSR count). The van der Waals surface area contributed by atoms with Crippen LogP contribution in [-0.2, 0) is 4.74 Å². The van der Waals surface area contributed by atoms with Gasteiger partial charge in [0.15, 0.2) is 5.78 Å². The second-order valence-corrected chi connectivity index (χ2v) is 4.66. The number of benzene rings is 2. The minimum atomic E-state index is -0.410. The lowest BCUT2D eigenvalue weighted by atomic mass is 10.0. The van der Waals surface area contributed by atoms with Gasteiger partial charge in [0.05, 0.1) is 6.61 Å².